The molecule has 3 atom stereocenters. The average molecular weight is 656 g/mol. The highest BCUT2D eigenvalue weighted by atomic mass is 19.1. The van der Waals surface area contributed by atoms with E-state index in [1.54, 1.807) is 18.7 Å². The first-order valence-electron chi connectivity index (χ1n) is 16.5. The van der Waals surface area contributed by atoms with Gasteiger partial charge < -0.3 is 20.1 Å². The number of carbonyl (C=O) groups is 1. The van der Waals surface area contributed by atoms with Crippen molar-refractivity contribution in [1.29, 1.82) is 0 Å². The summed E-state index contributed by atoms with van der Waals surface area (Å²) in [6, 6.07) is 5.90. The number of fused-ring (bicyclic) bond motifs is 3. The van der Waals surface area contributed by atoms with Gasteiger partial charge in [0.1, 0.15) is 11.6 Å². The first-order valence-corrected chi connectivity index (χ1v) is 16.5. The lowest BCUT2D eigenvalue weighted by Crippen LogP contribution is -2.62. The van der Waals surface area contributed by atoms with Gasteiger partial charge in [0.25, 0.3) is 0 Å². The molecular formula is C34H47F2N7O4. The van der Waals surface area contributed by atoms with Gasteiger partial charge in [0.2, 0.25) is 5.91 Å². The molecule has 2 saturated heterocycles. The fourth-order valence-electron chi connectivity index (χ4n) is 7.30. The maximum absolute atomic E-state index is 14.9. The van der Waals surface area contributed by atoms with Gasteiger partial charge in [-0.25, -0.2) is 22.7 Å². The predicted molar refractivity (Wildman–Crippen MR) is 175 cm³/mol. The smallest absolute Gasteiger partial charge is 0.350 e. The molecule has 2 fully saturated rings. The van der Waals surface area contributed by atoms with Gasteiger partial charge >= 0.3 is 5.69 Å². The summed E-state index contributed by atoms with van der Waals surface area (Å²) < 4.78 is 37.1. The number of anilines is 1. The molecule has 6 rings (SSSR count). The molecule has 11 nitrogen and oxygen atoms in total. The molecule has 256 valence electrons. The van der Waals surface area contributed by atoms with E-state index in [2.05, 4.69) is 34.1 Å². The molecule has 3 aromatic rings. The maximum Gasteiger partial charge on any atom is 0.350 e. The molecule has 1 aromatic carbocycles. The Morgan fingerprint density at radius 1 is 1.17 bits per heavy atom. The van der Waals surface area contributed by atoms with Crippen molar-refractivity contribution in [2.24, 2.45) is 0 Å². The van der Waals surface area contributed by atoms with Crippen molar-refractivity contribution >= 4 is 17.2 Å². The average Bonchev–Trinajstić information content (AvgIpc) is 3.44. The zero-order valence-corrected chi connectivity index (χ0v) is 28.2. The number of morpholine rings is 1. The second-order valence-electron chi connectivity index (χ2n) is 14.9. The second-order valence-corrected chi connectivity index (χ2v) is 14.9. The number of ether oxygens (including phenoxy) is 1. The quantitative estimate of drug-likeness (QED) is 0.381. The van der Waals surface area contributed by atoms with Crippen molar-refractivity contribution in [2.75, 3.05) is 57.4 Å². The molecule has 3 aliphatic heterocycles. The van der Waals surface area contributed by atoms with Crippen LogP contribution in [0.25, 0.3) is 5.65 Å². The number of hydrogen-bond donors (Lipinski definition) is 2. The molecule has 1 amide bonds. The highest BCUT2D eigenvalue weighted by Gasteiger charge is 2.43. The van der Waals surface area contributed by atoms with Crippen molar-refractivity contribution in [3.63, 3.8) is 0 Å². The van der Waals surface area contributed by atoms with E-state index in [1.165, 1.54) is 21.2 Å². The Balaban J connectivity index is 1.39. The summed E-state index contributed by atoms with van der Waals surface area (Å²) in [6.07, 6.45) is 0.0272. The summed E-state index contributed by atoms with van der Waals surface area (Å²) >= 11 is 0. The van der Waals surface area contributed by atoms with Crippen molar-refractivity contribution in [3.8, 4) is 0 Å². The number of amides is 1. The van der Waals surface area contributed by atoms with Crippen LogP contribution in [0.1, 0.15) is 58.4 Å². The van der Waals surface area contributed by atoms with E-state index in [1.807, 2.05) is 19.9 Å². The van der Waals surface area contributed by atoms with Gasteiger partial charge in [0.15, 0.2) is 5.65 Å². The Hall–Kier alpha value is -3.23. The van der Waals surface area contributed by atoms with Gasteiger partial charge in [-0.2, -0.15) is 0 Å². The van der Waals surface area contributed by atoms with Crippen molar-refractivity contribution in [3.05, 3.63) is 63.2 Å². The number of benzene rings is 1. The van der Waals surface area contributed by atoms with Crippen molar-refractivity contribution in [2.45, 2.75) is 83.6 Å². The van der Waals surface area contributed by atoms with Gasteiger partial charge in [-0.3, -0.25) is 14.6 Å². The normalized spacial score (nSPS) is 23.9. The molecule has 5 heterocycles. The van der Waals surface area contributed by atoms with Crippen LogP contribution in [0.5, 0.6) is 0 Å². The zero-order chi connectivity index (χ0) is 33.8. The van der Waals surface area contributed by atoms with Gasteiger partial charge in [0.05, 0.1) is 43.3 Å². The molecule has 2 N–H and O–H groups in total. The van der Waals surface area contributed by atoms with Crippen molar-refractivity contribution in [1.82, 2.24) is 29.3 Å². The number of pyridine rings is 1. The van der Waals surface area contributed by atoms with E-state index < -0.39 is 28.3 Å². The first-order chi connectivity index (χ1) is 22.1. The number of halogens is 2. The Morgan fingerprint density at radius 3 is 2.64 bits per heavy atom. The number of piperazine rings is 1. The van der Waals surface area contributed by atoms with E-state index in [4.69, 9.17) is 4.74 Å². The number of hydrogen-bond acceptors (Lipinski definition) is 8. The summed E-state index contributed by atoms with van der Waals surface area (Å²) in [6.45, 7) is 16.5. The molecule has 0 unspecified atom stereocenters. The van der Waals surface area contributed by atoms with Crippen LogP contribution in [0.2, 0.25) is 0 Å². The Morgan fingerprint density at radius 2 is 1.94 bits per heavy atom. The number of carbonyl (C=O) groups excluding carboxylic acids is 1. The lowest BCUT2D eigenvalue weighted by Gasteiger charge is -2.43. The predicted octanol–water partition coefficient (Wildman–Crippen LogP) is 2.14. The third-order valence-electron chi connectivity index (χ3n) is 9.64. The summed E-state index contributed by atoms with van der Waals surface area (Å²) in [7, 11) is 0. The third-order valence-corrected chi connectivity index (χ3v) is 9.64. The first kappa shape index (κ1) is 33.7. The zero-order valence-electron chi connectivity index (χ0n) is 28.2. The lowest BCUT2D eigenvalue weighted by molar-refractivity contribution is -0.121. The molecule has 47 heavy (non-hydrogen) atoms. The van der Waals surface area contributed by atoms with Gasteiger partial charge in [-0.05, 0) is 45.4 Å². The highest BCUT2D eigenvalue weighted by Crippen LogP contribution is 2.42. The van der Waals surface area contributed by atoms with E-state index in [0.29, 0.717) is 48.4 Å². The van der Waals surface area contributed by atoms with Crippen LogP contribution < -0.4 is 15.9 Å². The molecule has 2 aromatic heterocycles. The maximum atomic E-state index is 14.9. The van der Waals surface area contributed by atoms with Crippen LogP contribution >= 0.6 is 0 Å². The number of aliphatic hydroxyl groups is 1. The van der Waals surface area contributed by atoms with E-state index in [0.717, 1.165) is 32.2 Å². The number of aromatic nitrogens is 3. The SMILES string of the molecule is C[C@@H]1CN(CC(=O)N2CC(C)(C)c3c2cc(Cc2ccc(F)cc2F)c2nn(CC(C)(C)O)c(=O)n32)[C@@H](CN2CCOC[C@H]2C)CN1. The minimum atomic E-state index is -1.22. The van der Waals surface area contributed by atoms with Crippen LogP contribution in [0.4, 0.5) is 14.5 Å². The second kappa shape index (κ2) is 12.7. The monoisotopic (exact) mass is 655 g/mol. The van der Waals surface area contributed by atoms with Gasteiger partial charge in [-0.15, -0.1) is 5.10 Å². The fraction of sp³-hybridized carbons (Fsp3) is 0.618. The number of nitrogens with zero attached hydrogens (tertiary/aromatic N) is 6. The molecule has 0 radical (unpaired) electrons. The Kier molecular flexibility index (Phi) is 9.07. The van der Waals surface area contributed by atoms with Gasteiger partial charge in [-0.1, -0.05) is 19.9 Å². The van der Waals surface area contributed by atoms with Crippen LogP contribution in [-0.4, -0.2) is 111 Å². The Bertz CT molecular complexity index is 1710. The minimum Gasteiger partial charge on any atom is -0.389 e. The highest BCUT2D eigenvalue weighted by molar-refractivity contribution is 5.98. The molecule has 0 bridgehead atoms. The number of rotatable bonds is 8. The van der Waals surface area contributed by atoms with Gasteiger partial charge in [0, 0.05) is 74.3 Å². The minimum absolute atomic E-state index is 0.0272. The summed E-state index contributed by atoms with van der Waals surface area (Å²) in [5.41, 5.74) is 0.0165. The molecule has 3 aliphatic rings. The standard InChI is InChI=1S/C34H47F2N7O4/c1-21-15-40(26(14-37-21)16-39-9-10-47-18-22(39)2)17-29(44)41-19-33(3,4)30-28(41)12-24(11-23-7-8-25(35)13-27(23)36)31-38-42(20-34(5,6)46)32(45)43(30)31/h7-8,12-13,21-22,26,37,46H,9-11,14-20H2,1-6H3/t21-,22-,26-/m1/s1. The van der Waals surface area contributed by atoms with Crippen LogP contribution in [0, 0.1) is 11.6 Å². The van der Waals surface area contributed by atoms with E-state index >= 15 is 0 Å². The topological polar surface area (TPSA) is 108 Å². The van der Waals surface area contributed by atoms with Crippen molar-refractivity contribution < 1.29 is 23.4 Å². The Labute approximate surface area is 274 Å². The summed E-state index contributed by atoms with van der Waals surface area (Å²) in [5.74, 6) is -1.47. The lowest BCUT2D eigenvalue weighted by atomic mass is 9.90. The number of nitrogens with one attached hydrogen (secondary N) is 1. The van der Waals surface area contributed by atoms with E-state index in [9.17, 15) is 23.5 Å². The fourth-order valence-corrected chi connectivity index (χ4v) is 7.30. The van der Waals surface area contributed by atoms with Crippen LogP contribution in [0.15, 0.2) is 29.1 Å². The van der Waals surface area contributed by atoms with Crippen LogP contribution in [0.3, 0.4) is 0 Å². The largest absolute Gasteiger partial charge is 0.389 e. The molecule has 0 saturated carbocycles. The summed E-state index contributed by atoms with van der Waals surface area (Å²) in [5, 5.41) is 18.7. The molecular weight excluding hydrogens is 608 g/mol. The molecule has 13 heteroatoms. The molecule has 0 aliphatic carbocycles. The summed E-state index contributed by atoms with van der Waals surface area (Å²) in [4.78, 5) is 34.7. The van der Waals surface area contributed by atoms with Crippen LogP contribution in [-0.2, 0) is 27.9 Å². The molecule has 0 spiro atoms. The van der Waals surface area contributed by atoms with E-state index in [-0.39, 0.29) is 43.1 Å². The third kappa shape index (κ3) is 6.86.